The quantitative estimate of drug-likeness (QED) is 0.0447. The number of aliphatic hydroxyl groups is 5. The second-order valence-corrected chi connectivity index (χ2v) is 34.9. The number of pyridine rings is 5. The summed E-state index contributed by atoms with van der Waals surface area (Å²) in [5.41, 5.74) is 9.23. The van der Waals surface area contributed by atoms with Crippen molar-refractivity contribution >= 4 is 54.5 Å². The number of benzene rings is 5. The van der Waals surface area contributed by atoms with Crippen LogP contribution in [-0.2, 0) is 0 Å². The summed E-state index contributed by atoms with van der Waals surface area (Å²) in [6.07, 6.45) is 28.1. The fourth-order valence-electron chi connectivity index (χ4n) is 22.2. The number of aliphatic hydroxyl groups excluding tert-OH is 5. The molecule has 5 aromatic heterocycles. The van der Waals surface area contributed by atoms with Crippen LogP contribution in [0, 0.1) is 59.2 Å². The Kier molecular flexibility index (Phi) is 26.2. The molecule has 5 N–H and O–H groups in total. The van der Waals surface area contributed by atoms with Gasteiger partial charge >= 0.3 is 0 Å². The summed E-state index contributed by atoms with van der Waals surface area (Å²) in [4.78, 5) is 34.3. The zero-order valence-corrected chi connectivity index (χ0v) is 70.3. The highest BCUT2D eigenvalue weighted by Crippen LogP contribution is 2.49. The number of hydrogen-bond acceptors (Lipinski definition) is 20. The summed E-state index contributed by atoms with van der Waals surface area (Å²) in [6.45, 7) is 30.3. The van der Waals surface area contributed by atoms with Gasteiger partial charge in [-0.2, -0.15) is 0 Å². The molecule has 0 unspecified atom stereocenters. The van der Waals surface area contributed by atoms with E-state index in [9.17, 15) is 25.5 Å². The minimum atomic E-state index is -0.504. The average molecular weight is 1620 g/mol. The van der Waals surface area contributed by atoms with Gasteiger partial charge in [0.25, 0.3) is 0 Å². The molecule has 20 heteroatoms. The van der Waals surface area contributed by atoms with Gasteiger partial charge in [0.1, 0.15) is 28.7 Å². The Morgan fingerprint density at radius 3 is 0.600 bits per heavy atom. The van der Waals surface area contributed by atoms with E-state index in [0.717, 1.165) is 209 Å². The third-order valence-electron chi connectivity index (χ3n) is 29.1. The van der Waals surface area contributed by atoms with Crippen LogP contribution >= 0.6 is 0 Å². The van der Waals surface area contributed by atoms with Gasteiger partial charge in [-0.1, -0.05) is 30.4 Å². The third kappa shape index (κ3) is 17.1. The maximum Gasteiger partial charge on any atom is 0.119 e. The van der Waals surface area contributed by atoms with Crippen LogP contribution in [0.1, 0.15) is 123 Å². The third-order valence-corrected chi connectivity index (χ3v) is 29.1. The number of piperidine rings is 15. The first-order chi connectivity index (χ1) is 58.5. The molecular weight excluding hydrogens is 1500 g/mol. The lowest BCUT2D eigenvalue weighted by molar-refractivity contribution is -0.0445. The van der Waals surface area contributed by atoms with Crippen LogP contribution in [0.4, 0.5) is 0 Å². The molecule has 25 rings (SSSR count). The molecule has 20 nitrogen and oxygen atoms in total. The molecule has 15 saturated heterocycles. The molecule has 10 aromatic rings. The van der Waals surface area contributed by atoms with Crippen LogP contribution in [0.5, 0.6) is 28.7 Å². The van der Waals surface area contributed by atoms with Crippen molar-refractivity contribution in [3.63, 3.8) is 0 Å². The molecular formula is C100H120N10O10. The average Bonchev–Trinajstić information content (AvgIpc) is 0.782. The zero-order chi connectivity index (χ0) is 83.4. The van der Waals surface area contributed by atoms with Gasteiger partial charge in [-0.3, -0.25) is 49.4 Å². The fourth-order valence-corrected chi connectivity index (χ4v) is 22.2. The van der Waals surface area contributed by atoms with E-state index >= 15 is 0 Å². The molecule has 630 valence electrons. The van der Waals surface area contributed by atoms with Crippen molar-refractivity contribution in [3.05, 3.63) is 243 Å². The van der Waals surface area contributed by atoms with Gasteiger partial charge in [-0.05, 0) is 305 Å². The van der Waals surface area contributed by atoms with Crippen molar-refractivity contribution in [1.29, 1.82) is 0 Å². The van der Waals surface area contributed by atoms with Gasteiger partial charge in [-0.25, -0.2) is 0 Å². The van der Waals surface area contributed by atoms with Gasteiger partial charge in [-0.15, -0.1) is 32.9 Å². The highest BCUT2D eigenvalue weighted by Gasteiger charge is 2.48. The predicted octanol–water partition coefficient (Wildman–Crippen LogP) is 15.9. The molecule has 10 bridgehead atoms. The Bertz CT molecular complexity index is 4550. The van der Waals surface area contributed by atoms with E-state index < -0.39 is 30.5 Å². The maximum absolute atomic E-state index is 11.2. The molecule has 0 aliphatic carbocycles. The van der Waals surface area contributed by atoms with E-state index in [-0.39, 0.29) is 30.2 Å². The van der Waals surface area contributed by atoms with Crippen molar-refractivity contribution < 1.29 is 49.2 Å². The number of nitrogens with zero attached hydrogens (tertiary/aromatic N) is 10. The highest BCUT2D eigenvalue weighted by molar-refractivity contribution is 5.87. The molecule has 15 fully saturated rings. The number of rotatable bonds is 20. The number of ether oxygens (including phenoxy) is 5. The molecule has 15 aliphatic heterocycles. The van der Waals surface area contributed by atoms with Crippen LogP contribution in [0.25, 0.3) is 54.5 Å². The smallest absolute Gasteiger partial charge is 0.119 e. The molecule has 0 spiro atoms. The summed E-state index contributed by atoms with van der Waals surface area (Å²) in [6, 6.07) is 39.8. The van der Waals surface area contributed by atoms with E-state index in [2.05, 4.69) is 113 Å². The molecule has 0 saturated carbocycles. The number of fused-ring (bicyclic) bond motifs is 20. The van der Waals surface area contributed by atoms with Crippen LogP contribution in [0.15, 0.2) is 216 Å². The first-order valence-electron chi connectivity index (χ1n) is 43.4. The van der Waals surface area contributed by atoms with E-state index in [1.54, 1.807) is 66.5 Å². The molecule has 0 radical (unpaired) electrons. The summed E-state index contributed by atoms with van der Waals surface area (Å²) in [5, 5.41) is 60.7. The molecule has 5 aromatic carbocycles. The number of hydrogen-bond donors (Lipinski definition) is 5. The van der Waals surface area contributed by atoms with Crippen molar-refractivity contribution in [2.75, 3.05) is 101 Å². The fraction of sp³-hybridized carbons (Fsp3) is 0.450. The Hall–Kier alpha value is -9.55. The van der Waals surface area contributed by atoms with Crippen LogP contribution in [-0.4, -0.2) is 206 Å². The first-order valence-corrected chi connectivity index (χ1v) is 43.4. The lowest BCUT2D eigenvalue weighted by atomic mass is 9.73. The molecule has 25 atom stereocenters. The van der Waals surface area contributed by atoms with E-state index in [1.165, 1.54) is 32.1 Å². The SMILES string of the molecule is C=C[C@H]1C[N@]2CC[C@H]1C[C@@H]2[C@@H](O)c1ccnc2ccc(OC)cc12.C=C[C@H]1C[N@]2CC[C@H]1C[C@@H]2[C@@H](O)c1ccnc2ccc(OC)cc12.C=C[C@H]1C[N@]2CC[C@H]1C[C@@H]2[C@@H](O)c1ccnc2ccc(OC)cc12.C=C[C@H]1C[N@]2CC[C@H]1C[C@@H]2[C@@H](O)c1ccnc2ccc(OC)cc12.C=C[C@H]1C[N@]2CC[C@H]1C[C@@H]2[C@@H](O)c1ccnc2ccc(OC)cc12. The molecule has 120 heavy (non-hydrogen) atoms. The number of methoxy groups -OCH3 is 5. The lowest BCUT2D eigenvalue weighted by Crippen LogP contribution is -2.54. The van der Waals surface area contributed by atoms with Gasteiger partial charge in [0.05, 0.1) is 93.7 Å². The first kappa shape index (κ1) is 84.1. The van der Waals surface area contributed by atoms with E-state index in [1.807, 2.05) is 121 Å². The Morgan fingerprint density at radius 2 is 0.458 bits per heavy atom. The Morgan fingerprint density at radius 1 is 0.283 bits per heavy atom. The van der Waals surface area contributed by atoms with Gasteiger partial charge < -0.3 is 49.2 Å². The summed E-state index contributed by atoms with van der Waals surface area (Å²) in [7, 11) is 8.31. The molecule has 0 amide bonds. The highest BCUT2D eigenvalue weighted by atomic mass is 16.5. The summed E-state index contributed by atoms with van der Waals surface area (Å²) < 4.78 is 26.7. The van der Waals surface area contributed by atoms with Gasteiger partial charge in [0.2, 0.25) is 0 Å². The predicted molar refractivity (Wildman–Crippen MR) is 475 cm³/mol. The van der Waals surface area contributed by atoms with Crippen molar-refractivity contribution in [1.82, 2.24) is 49.4 Å². The normalized spacial score (nSPS) is 30.2. The Labute approximate surface area is 706 Å². The topological polar surface area (TPSA) is 228 Å². The summed E-state index contributed by atoms with van der Waals surface area (Å²) in [5.74, 6) is 10.0. The number of aromatic nitrogens is 5. The van der Waals surface area contributed by atoms with Crippen LogP contribution < -0.4 is 23.7 Å². The van der Waals surface area contributed by atoms with Crippen LogP contribution in [0.2, 0.25) is 0 Å². The van der Waals surface area contributed by atoms with Crippen molar-refractivity contribution in [3.8, 4) is 28.7 Å². The largest absolute Gasteiger partial charge is 0.497 e. The summed E-state index contributed by atoms with van der Waals surface area (Å²) >= 11 is 0. The van der Waals surface area contributed by atoms with E-state index in [4.69, 9.17) is 23.7 Å². The molecule has 20 heterocycles. The van der Waals surface area contributed by atoms with E-state index in [0.29, 0.717) is 59.2 Å². The van der Waals surface area contributed by atoms with Crippen molar-refractivity contribution in [2.45, 2.75) is 125 Å². The standard InChI is InChI=1S/5C20H24N2O2/c5*1-3-13-12-22-9-7-14(13)10-19(22)20(23)16-6-8-21-18-5-4-15(24-2)11-17(16)18/h5*3-6,8,11,13-14,19-20,23H,1,7,9-10,12H2,2H3/t5*13-,14-,19+,20-/m00000/s1. The van der Waals surface area contributed by atoms with Gasteiger partial charge in [0.15, 0.2) is 0 Å². The maximum atomic E-state index is 11.2. The minimum Gasteiger partial charge on any atom is -0.497 e. The Balaban J connectivity index is 0.000000112. The van der Waals surface area contributed by atoms with Crippen LogP contribution in [0.3, 0.4) is 0 Å². The van der Waals surface area contributed by atoms with Crippen molar-refractivity contribution in [2.24, 2.45) is 59.2 Å². The van der Waals surface area contributed by atoms with Gasteiger partial charge in [0, 0.05) is 121 Å². The molecule has 15 aliphatic rings. The second-order valence-electron chi connectivity index (χ2n) is 34.9. The zero-order valence-electron chi connectivity index (χ0n) is 70.3. The minimum absolute atomic E-state index is 0.178. The lowest BCUT2D eigenvalue weighted by Gasteiger charge is -2.50. The second kappa shape index (κ2) is 37.4. The monoisotopic (exact) mass is 1620 g/mol.